The van der Waals surface area contributed by atoms with Gasteiger partial charge in [0.15, 0.2) is 0 Å². The molecule has 3 amide bonds. The van der Waals surface area contributed by atoms with Gasteiger partial charge in [0.05, 0.1) is 0 Å². The molecular weight excluding hydrogens is 326 g/mol. The van der Waals surface area contributed by atoms with E-state index in [1.54, 1.807) is 0 Å². The van der Waals surface area contributed by atoms with Crippen molar-refractivity contribution in [1.82, 2.24) is 4.90 Å². The monoisotopic (exact) mass is 365 g/mol. The lowest BCUT2D eigenvalue weighted by Crippen LogP contribution is -2.35. The van der Waals surface area contributed by atoms with Crippen LogP contribution in [0.2, 0.25) is 0 Å². The van der Waals surface area contributed by atoms with E-state index in [9.17, 15) is 14.4 Å². The van der Waals surface area contributed by atoms with Crippen LogP contribution in [0, 0.1) is 17.8 Å². The molecule has 2 atom stereocenters. The van der Waals surface area contributed by atoms with E-state index in [2.05, 4.69) is 27.7 Å². The zero-order valence-corrected chi connectivity index (χ0v) is 17.4. The van der Waals surface area contributed by atoms with Crippen molar-refractivity contribution in [2.24, 2.45) is 17.8 Å². The zero-order valence-electron chi connectivity index (χ0n) is 17.4. The highest BCUT2D eigenvalue weighted by molar-refractivity contribution is 6.14. The van der Waals surface area contributed by atoms with E-state index in [-0.39, 0.29) is 30.6 Å². The third-order valence-corrected chi connectivity index (χ3v) is 5.97. The lowest BCUT2D eigenvalue weighted by molar-refractivity contribution is -0.149. The van der Waals surface area contributed by atoms with Crippen molar-refractivity contribution in [3.63, 3.8) is 0 Å². The molecule has 0 radical (unpaired) electrons. The number of carbonyl (C=O) groups is 3. The number of nitrogens with zero attached hydrogens (tertiary/aromatic N) is 1. The summed E-state index contributed by atoms with van der Waals surface area (Å²) in [6, 6.07) is 0. The van der Waals surface area contributed by atoms with Crippen molar-refractivity contribution in [2.45, 2.75) is 105 Å². The standard InChI is InChI=1S/C22H39NO3/c1-5-7-11-17(3)19(18(4)12-8-6-2)13-9-10-14-20(24)23-21(25)15-16-22(23)26/h17-19H,5-16H2,1-4H3. The molecule has 0 saturated carbocycles. The summed E-state index contributed by atoms with van der Waals surface area (Å²) >= 11 is 0. The zero-order chi connectivity index (χ0) is 19.5. The molecular formula is C22H39NO3. The summed E-state index contributed by atoms with van der Waals surface area (Å²) in [6.45, 7) is 9.26. The van der Waals surface area contributed by atoms with Gasteiger partial charge in [0.1, 0.15) is 0 Å². The normalized spacial score (nSPS) is 18.2. The van der Waals surface area contributed by atoms with E-state index in [1.165, 1.54) is 38.5 Å². The summed E-state index contributed by atoms with van der Waals surface area (Å²) in [6.07, 6.45) is 11.2. The Morgan fingerprint density at radius 1 is 0.846 bits per heavy atom. The lowest BCUT2D eigenvalue weighted by Gasteiger charge is -2.30. The number of unbranched alkanes of at least 4 members (excludes halogenated alkanes) is 3. The van der Waals surface area contributed by atoms with E-state index in [0.717, 1.165) is 36.0 Å². The summed E-state index contributed by atoms with van der Waals surface area (Å²) in [7, 11) is 0. The summed E-state index contributed by atoms with van der Waals surface area (Å²) in [5.41, 5.74) is 0. The minimum absolute atomic E-state index is 0.191. The number of hydrogen-bond donors (Lipinski definition) is 0. The van der Waals surface area contributed by atoms with Crippen LogP contribution in [0.15, 0.2) is 0 Å². The Kier molecular flexibility index (Phi) is 10.8. The predicted octanol–water partition coefficient (Wildman–Crippen LogP) is 5.49. The molecule has 2 unspecified atom stereocenters. The largest absolute Gasteiger partial charge is 0.274 e. The van der Waals surface area contributed by atoms with Crippen LogP contribution in [-0.4, -0.2) is 22.6 Å². The number of imide groups is 3. The van der Waals surface area contributed by atoms with Crippen LogP contribution in [0.4, 0.5) is 0 Å². The van der Waals surface area contributed by atoms with Gasteiger partial charge in [-0.05, 0) is 30.6 Å². The molecule has 1 fully saturated rings. The molecule has 1 aliphatic rings. The average molecular weight is 366 g/mol. The Morgan fingerprint density at radius 3 is 1.81 bits per heavy atom. The predicted molar refractivity (Wildman–Crippen MR) is 105 cm³/mol. The maximum Gasteiger partial charge on any atom is 0.236 e. The fourth-order valence-electron chi connectivity index (χ4n) is 4.23. The van der Waals surface area contributed by atoms with Crippen molar-refractivity contribution in [2.75, 3.05) is 0 Å². The smallest absolute Gasteiger partial charge is 0.236 e. The molecule has 150 valence electrons. The molecule has 0 aliphatic carbocycles. The third-order valence-electron chi connectivity index (χ3n) is 5.97. The summed E-state index contributed by atoms with van der Waals surface area (Å²) in [5, 5.41) is 0. The topological polar surface area (TPSA) is 54.5 Å². The van der Waals surface area contributed by atoms with Gasteiger partial charge in [-0.1, -0.05) is 72.6 Å². The molecule has 0 aromatic carbocycles. The minimum Gasteiger partial charge on any atom is -0.274 e. The Hall–Kier alpha value is -1.19. The maximum atomic E-state index is 12.1. The van der Waals surface area contributed by atoms with Crippen molar-refractivity contribution in [3.05, 3.63) is 0 Å². The van der Waals surface area contributed by atoms with Crippen molar-refractivity contribution < 1.29 is 14.4 Å². The highest BCUT2D eigenvalue weighted by Gasteiger charge is 2.33. The maximum absolute atomic E-state index is 12.1. The first-order chi connectivity index (χ1) is 12.4. The number of hydrogen-bond acceptors (Lipinski definition) is 3. The highest BCUT2D eigenvalue weighted by atomic mass is 16.2. The molecule has 0 bridgehead atoms. The van der Waals surface area contributed by atoms with Gasteiger partial charge in [-0.3, -0.25) is 14.4 Å². The fraction of sp³-hybridized carbons (Fsp3) is 0.864. The van der Waals surface area contributed by atoms with Gasteiger partial charge in [0, 0.05) is 19.3 Å². The van der Waals surface area contributed by atoms with Crippen molar-refractivity contribution >= 4 is 17.7 Å². The van der Waals surface area contributed by atoms with Gasteiger partial charge >= 0.3 is 0 Å². The number of carbonyl (C=O) groups excluding carboxylic acids is 3. The summed E-state index contributed by atoms with van der Waals surface area (Å²) < 4.78 is 0. The molecule has 0 N–H and O–H groups in total. The second-order valence-corrected chi connectivity index (χ2v) is 8.17. The molecule has 4 heteroatoms. The molecule has 26 heavy (non-hydrogen) atoms. The van der Waals surface area contributed by atoms with Crippen LogP contribution >= 0.6 is 0 Å². The molecule has 0 spiro atoms. The first kappa shape index (κ1) is 22.9. The summed E-state index contributed by atoms with van der Waals surface area (Å²) in [5.74, 6) is 1.21. The molecule has 1 rings (SSSR count). The van der Waals surface area contributed by atoms with E-state index >= 15 is 0 Å². The second kappa shape index (κ2) is 12.2. The van der Waals surface area contributed by atoms with Gasteiger partial charge in [0.25, 0.3) is 0 Å². The number of amides is 3. The van der Waals surface area contributed by atoms with Crippen molar-refractivity contribution in [1.29, 1.82) is 0 Å². The van der Waals surface area contributed by atoms with Crippen molar-refractivity contribution in [3.8, 4) is 0 Å². The van der Waals surface area contributed by atoms with Gasteiger partial charge < -0.3 is 0 Å². The highest BCUT2D eigenvalue weighted by Crippen LogP contribution is 2.33. The number of rotatable bonds is 13. The fourth-order valence-corrected chi connectivity index (χ4v) is 4.23. The SMILES string of the molecule is CCCCC(C)C(CCCCC(=O)N1C(=O)CCC1=O)C(C)CCCC. The van der Waals surface area contributed by atoms with E-state index < -0.39 is 0 Å². The Morgan fingerprint density at radius 2 is 1.35 bits per heavy atom. The second-order valence-electron chi connectivity index (χ2n) is 8.17. The van der Waals surface area contributed by atoms with E-state index in [1.807, 2.05) is 0 Å². The molecule has 0 aromatic rings. The Bertz CT molecular complexity index is 430. The average Bonchev–Trinajstić information content (AvgIpc) is 2.95. The molecule has 4 nitrogen and oxygen atoms in total. The molecule has 1 aliphatic heterocycles. The van der Waals surface area contributed by atoms with E-state index in [4.69, 9.17) is 0 Å². The van der Waals surface area contributed by atoms with Gasteiger partial charge in [-0.25, -0.2) is 4.90 Å². The van der Waals surface area contributed by atoms with Crippen LogP contribution in [0.1, 0.15) is 105 Å². The van der Waals surface area contributed by atoms with Gasteiger partial charge in [-0.2, -0.15) is 0 Å². The van der Waals surface area contributed by atoms with Crippen LogP contribution in [0.5, 0.6) is 0 Å². The van der Waals surface area contributed by atoms with E-state index in [0.29, 0.717) is 12.3 Å². The van der Waals surface area contributed by atoms with Gasteiger partial charge in [0.2, 0.25) is 17.7 Å². The van der Waals surface area contributed by atoms with Crippen LogP contribution in [0.25, 0.3) is 0 Å². The number of likely N-dealkylation sites (tertiary alicyclic amines) is 1. The first-order valence-electron chi connectivity index (χ1n) is 10.8. The third kappa shape index (κ3) is 7.20. The Balaban J connectivity index is 2.45. The van der Waals surface area contributed by atoms with Crippen LogP contribution < -0.4 is 0 Å². The summed E-state index contributed by atoms with van der Waals surface area (Å²) in [4.78, 5) is 36.3. The van der Waals surface area contributed by atoms with Crippen LogP contribution in [-0.2, 0) is 14.4 Å². The van der Waals surface area contributed by atoms with Gasteiger partial charge in [-0.15, -0.1) is 0 Å². The quantitative estimate of drug-likeness (QED) is 0.320. The Labute approximate surface area is 160 Å². The lowest BCUT2D eigenvalue weighted by atomic mass is 9.76. The first-order valence-corrected chi connectivity index (χ1v) is 10.8. The molecule has 0 aromatic heterocycles. The van der Waals surface area contributed by atoms with Crippen LogP contribution in [0.3, 0.4) is 0 Å². The molecule has 1 saturated heterocycles. The minimum atomic E-state index is -0.320. The molecule has 1 heterocycles.